The number of ether oxygens (including phenoxy) is 1. The number of aryl methyl sites for hydroxylation is 1. The Morgan fingerprint density at radius 2 is 1.85 bits per heavy atom. The zero-order valence-electron chi connectivity index (χ0n) is 16.5. The van der Waals surface area contributed by atoms with Gasteiger partial charge in [-0.2, -0.15) is 0 Å². The van der Waals surface area contributed by atoms with E-state index < -0.39 is 6.04 Å². The van der Waals surface area contributed by atoms with E-state index in [2.05, 4.69) is 10.2 Å². The van der Waals surface area contributed by atoms with E-state index in [1.165, 1.54) is 6.42 Å². The standard InChI is InChI=1S/C21H29N3O3/c1-4-27-20(25)18-17(14-24-12-6-5-7-13-24)23(3)21(26)22-19(18)16-10-8-15(2)9-11-16/h8-11,19H,4-7,12-14H2,1-3H3,(H,22,26)/t19-/m1/s1. The van der Waals surface area contributed by atoms with Gasteiger partial charge >= 0.3 is 12.0 Å². The SMILES string of the molecule is CCOC(=O)C1=C(CN2CCCCC2)N(C)C(=O)N[C@@H]1c1ccc(C)cc1. The molecule has 2 aliphatic rings. The van der Waals surface area contributed by atoms with Crippen LogP contribution >= 0.6 is 0 Å². The van der Waals surface area contributed by atoms with Gasteiger partial charge in [0.2, 0.25) is 0 Å². The van der Waals surface area contributed by atoms with E-state index in [0.29, 0.717) is 18.7 Å². The topological polar surface area (TPSA) is 61.9 Å². The summed E-state index contributed by atoms with van der Waals surface area (Å²) in [6.07, 6.45) is 3.54. The maximum atomic E-state index is 12.9. The van der Waals surface area contributed by atoms with Gasteiger partial charge in [0.1, 0.15) is 0 Å². The van der Waals surface area contributed by atoms with Crippen molar-refractivity contribution in [3.63, 3.8) is 0 Å². The first kappa shape index (κ1) is 19.4. The molecule has 1 N–H and O–H groups in total. The van der Waals surface area contributed by atoms with Gasteiger partial charge in [-0.3, -0.25) is 9.80 Å². The van der Waals surface area contributed by atoms with Crippen LogP contribution in [0.2, 0.25) is 0 Å². The van der Waals surface area contributed by atoms with Crippen molar-refractivity contribution in [2.75, 3.05) is 33.3 Å². The molecule has 0 bridgehead atoms. The largest absolute Gasteiger partial charge is 0.463 e. The van der Waals surface area contributed by atoms with Gasteiger partial charge in [-0.05, 0) is 45.3 Å². The van der Waals surface area contributed by atoms with Crippen molar-refractivity contribution in [2.24, 2.45) is 0 Å². The summed E-state index contributed by atoms with van der Waals surface area (Å²) >= 11 is 0. The molecule has 0 saturated carbocycles. The smallest absolute Gasteiger partial charge is 0.338 e. The highest BCUT2D eigenvalue weighted by atomic mass is 16.5. The van der Waals surface area contributed by atoms with Gasteiger partial charge in [0.25, 0.3) is 0 Å². The van der Waals surface area contributed by atoms with Crippen LogP contribution in [0.4, 0.5) is 4.79 Å². The van der Waals surface area contributed by atoms with Gasteiger partial charge in [-0.15, -0.1) is 0 Å². The normalized spacial score (nSPS) is 21.2. The zero-order valence-corrected chi connectivity index (χ0v) is 16.5. The summed E-state index contributed by atoms with van der Waals surface area (Å²) in [4.78, 5) is 29.4. The summed E-state index contributed by atoms with van der Waals surface area (Å²) in [7, 11) is 1.72. The van der Waals surface area contributed by atoms with Gasteiger partial charge in [-0.25, -0.2) is 9.59 Å². The molecule has 2 aliphatic heterocycles. The van der Waals surface area contributed by atoms with E-state index in [9.17, 15) is 9.59 Å². The monoisotopic (exact) mass is 371 g/mol. The highest BCUT2D eigenvalue weighted by molar-refractivity contribution is 5.95. The number of piperidine rings is 1. The van der Waals surface area contributed by atoms with Gasteiger partial charge in [0, 0.05) is 19.3 Å². The van der Waals surface area contributed by atoms with E-state index in [1.807, 2.05) is 31.2 Å². The van der Waals surface area contributed by atoms with Gasteiger partial charge in [0.15, 0.2) is 0 Å². The fraction of sp³-hybridized carbons (Fsp3) is 0.524. The molecule has 0 aromatic heterocycles. The third-order valence-corrected chi connectivity index (χ3v) is 5.30. The number of likely N-dealkylation sites (N-methyl/N-ethyl adjacent to an activating group) is 1. The average Bonchev–Trinajstić information content (AvgIpc) is 2.67. The van der Waals surface area contributed by atoms with E-state index in [4.69, 9.17) is 4.74 Å². The Balaban J connectivity index is 2.03. The van der Waals surface area contributed by atoms with Crippen LogP contribution < -0.4 is 5.32 Å². The quantitative estimate of drug-likeness (QED) is 0.809. The number of esters is 1. The minimum atomic E-state index is -0.492. The fourth-order valence-corrected chi connectivity index (χ4v) is 3.74. The Morgan fingerprint density at radius 3 is 2.48 bits per heavy atom. The summed E-state index contributed by atoms with van der Waals surface area (Å²) in [5.74, 6) is -0.359. The predicted octanol–water partition coefficient (Wildman–Crippen LogP) is 2.99. The van der Waals surface area contributed by atoms with Crippen molar-refractivity contribution in [2.45, 2.75) is 39.2 Å². The average molecular weight is 371 g/mol. The Kier molecular flexibility index (Phi) is 6.16. The molecule has 3 rings (SSSR count). The van der Waals surface area contributed by atoms with Crippen molar-refractivity contribution in [1.29, 1.82) is 0 Å². The minimum Gasteiger partial charge on any atom is -0.463 e. The molecule has 27 heavy (non-hydrogen) atoms. The number of carbonyl (C=O) groups excluding carboxylic acids is 2. The number of nitrogens with one attached hydrogen (secondary N) is 1. The molecular weight excluding hydrogens is 342 g/mol. The maximum Gasteiger partial charge on any atom is 0.338 e. The zero-order chi connectivity index (χ0) is 19.4. The van der Waals surface area contributed by atoms with Crippen molar-refractivity contribution in [1.82, 2.24) is 15.1 Å². The van der Waals surface area contributed by atoms with Crippen molar-refractivity contribution in [3.8, 4) is 0 Å². The van der Waals surface area contributed by atoms with Gasteiger partial charge in [0.05, 0.1) is 18.2 Å². The highest BCUT2D eigenvalue weighted by Gasteiger charge is 2.37. The number of carbonyl (C=O) groups is 2. The first-order valence-corrected chi connectivity index (χ1v) is 9.74. The first-order chi connectivity index (χ1) is 13.0. The lowest BCUT2D eigenvalue weighted by Gasteiger charge is -2.37. The third-order valence-electron chi connectivity index (χ3n) is 5.30. The van der Waals surface area contributed by atoms with Crippen LogP contribution in [0.15, 0.2) is 35.5 Å². The molecule has 1 aromatic rings. The molecule has 2 amide bonds. The van der Waals surface area contributed by atoms with E-state index in [0.717, 1.165) is 42.8 Å². The Hall–Kier alpha value is -2.34. The lowest BCUT2D eigenvalue weighted by molar-refractivity contribution is -0.139. The minimum absolute atomic E-state index is 0.194. The van der Waals surface area contributed by atoms with Gasteiger partial charge < -0.3 is 10.1 Å². The number of hydrogen-bond donors (Lipinski definition) is 1. The summed E-state index contributed by atoms with van der Waals surface area (Å²) < 4.78 is 5.37. The van der Waals surface area contributed by atoms with Crippen LogP contribution in [0.5, 0.6) is 0 Å². The summed E-state index contributed by atoms with van der Waals surface area (Å²) in [6, 6.07) is 7.22. The lowest BCUT2D eigenvalue weighted by Crippen LogP contribution is -2.49. The molecule has 0 radical (unpaired) electrons. The number of rotatable bonds is 5. The first-order valence-electron chi connectivity index (χ1n) is 9.74. The second-order valence-electron chi connectivity index (χ2n) is 7.27. The number of hydrogen-bond acceptors (Lipinski definition) is 4. The third kappa shape index (κ3) is 4.33. The predicted molar refractivity (Wildman–Crippen MR) is 104 cm³/mol. The summed E-state index contributed by atoms with van der Waals surface area (Å²) in [6.45, 7) is 6.68. The molecule has 0 aliphatic carbocycles. The number of benzene rings is 1. The lowest BCUT2D eigenvalue weighted by atomic mass is 9.93. The molecule has 6 nitrogen and oxygen atoms in total. The second kappa shape index (κ2) is 8.57. The maximum absolute atomic E-state index is 12.9. The molecule has 1 fully saturated rings. The van der Waals surface area contributed by atoms with Gasteiger partial charge in [-0.1, -0.05) is 36.2 Å². The number of urea groups is 1. The molecule has 146 valence electrons. The number of likely N-dealkylation sites (tertiary alicyclic amines) is 1. The molecule has 1 aromatic carbocycles. The van der Waals surface area contributed by atoms with Crippen molar-refractivity contribution in [3.05, 3.63) is 46.7 Å². The second-order valence-corrected chi connectivity index (χ2v) is 7.27. The van der Waals surface area contributed by atoms with Crippen molar-refractivity contribution >= 4 is 12.0 Å². The van der Waals surface area contributed by atoms with Crippen LogP contribution in [0.25, 0.3) is 0 Å². The number of amides is 2. The van der Waals surface area contributed by atoms with Crippen LogP contribution in [0, 0.1) is 6.92 Å². The Bertz CT molecular complexity index is 721. The fourth-order valence-electron chi connectivity index (χ4n) is 3.74. The highest BCUT2D eigenvalue weighted by Crippen LogP contribution is 2.32. The van der Waals surface area contributed by atoms with Crippen LogP contribution in [0.1, 0.15) is 43.4 Å². The van der Waals surface area contributed by atoms with Crippen LogP contribution in [-0.2, 0) is 9.53 Å². The van der Waals surface area contributed by atoms with Crippen molar-refractivity contribution < 1.29 is 14.3 Å². The molecule has 0 unspecified atom stereocenters. The van der Waals surface area contributed by atoms with Crippen LogP contribution in [0.3, 0.4) is 0 Å². The van der Waals surface area contributed by atoms with E-state index >= 15 is 0 Å². The summed E-state index contributed by atoms with van der Waals surface area (Å²) in [5.41, 5.74) is 3.30. The molecule has 1 saturated heterocycles. The molecule has 6 heteroatoms. The Labute approximate surface area is 161 Å². The number of nitrogens with zero attached hydrogens (tertiary/aromatic N) is 2. The molecule has 1 atom stereocenters. The summed E-state index contributed by atoms with van der Waals surface area (Å²) in [5, 5.41) is 2.97. The van der Waals surface area contributed by atoms with Crippen LogP contribution in [-0.4, -0.2) is 55.1 Å². The molecule has 0 spiro atoms. The molecular formula is C21H29N3O3. The van der Waals surface area contributed by atoms with E-state index in [-0.39, 0.29) is 12.0 Å². The molecule has 2 heterocycles. The van der Waals surface area contributed by atoms with E-state index in [1.54, 1.807) is 18.9 Å². The Morgan fingerprint density at radius 1 is 1.19 bits per heavy atom.